The standard InChI is InChI=1S/C15H12ClF2NO/c16-14-7-2-1-5-13(14)9-19-20-10-11-4-3-6-12(8-11)15(17)18/h1-9,15H,10H2. The summed E-state index contributed by atoms with van der Waals surface area (Å²) in [5.74, 6) is 0. The average molecular weight is 296 g/mol. The van der Waals surface area contributed by atoms with E-state index in [0.717, 1.165) is 5.56 Å². The maximum Gasteiger partial charge on any atom is 0.263 e. The number of hydrogen-bond donors (Lipinski definition) is 0. The van der Waals surface area contributed by atoms with Gasteiger partial charge in [-0.1, -0.05) is 53.2 Å². The monoisotopic (exact) mass is 295 g/mol. The lowest BCUT2D eigenvalue weighted by molar-refractivity contribution is 0.130. The van der Waals surface area contributed by atoms with Crippen LogP contribution in [-0.4, -0.2) is 6.21 Å². The van der Waals surface area contributed by atoms with Crippen LogP contribution in [0.2, 0.25) is 5.02 Å². The first-order valence-corrected chi connectivity index (χ1v) is 6.31. The highest BCUT2D eigenvalue weighted by Crippen LogP contribution is 2.19. The molecule has 5 heteroatoms. The molecule has 0 atom stereocenters. The molecule has 0 bridgehead atoms. The Morgan fingerprint density at radius 3 is 2.70 bits per heavy atom. The van der Waals surface area contributed by atoms with Gasteiger partial charge in [-0.25, -0.2) is 8.78 Å². The Morgan fingerprint density at radius 1 is 1.15 bits per heavy atom. The minimum Gasteiger partial charge on any atom is -0.391 e. The third-order valence-electron chi connectivity index (χ3n) is 2.61. The average Bonchev–Trinajstić information content (AvgIpc) is 2.45. The van der Waals surface area contributed by atoms with Crippen molar-refractivity contribution in [2.24, 2.45) is 5.16 Å². The van der Waals surface area contributed by atoms with Crippen molar-refractivity contribution in [2.75, 3.05) is 0 Å². The van der Waals surface area contributed by atoms with Crippen molar-refractivity contribution in [1.82, 2.24) is 0 Å². The summed E-state index contributed by atoms with van der Waals surface area (Å²) in [7, 11) is 0. The van der Waals surface area contributed by atoms with Gasteiger partial charge in [0, 0.05) is 16.1 Å². The van der Waals surface area contributed by atoms with E-state index in [1.165, 1.54) is 18.3 Å². The number of nitrogens with zero attached hydrogens (tertiary/aromatic N) is 1. The first-order chi connectivity index (χ1) is 9.66. The molecule has 0 spiro atoms. The van der Waals surface area contributed by atoms with Crippen molar-refractivity contribution in [3.8, 4) is 0 Å². The van der Waals surface area contributed by atoms with Gasteiger partial charge in [-0.05, 0) is 17.7 Å². The molecule has 0 saturated carbocycles. The predicted molar refractivity (Wildman–Crippen MR) is 75.2 cm³/mol. The smallest absolute Gasteiger partial charge is 0.263 e. The van der Waals surface area contributed by atoms with Crippen molar-refractivity contribution >= 4 is 17.8 Å². The summed E-state index contributed by atoms with van der Waals surface area (Å²) in [6, 6.07) is 13.2. The fourth-order valence-corrected chi connectivity index (χ4v) is 1.79. The van der Waals surface area contributed by atoms with Crippen molar-refractivity contribution in [1.29, 1.82) is 0 Å². The van der Waals surface area contributed by atoms with Gasteiger partial charge in [0.05, 0.1) is 6.21 Å². The predicted octanol–water partition coefficient (Wildman–Crippen LogP) is 4.83. The minimum absolute atomic E-state index is 0.0267. The number of halogens is 3. The largest absolute Gasteiger partial charge is 0.391 e. The highest BCUT2D eigenvalue weighted by molar-refractivity contribution is 6.33. The zero-order valence-corrected chi connectivity index (χ0v) is 11.2. The van der Waals surface area contributed by atoms with E-state index in [1.54, 1.807) is 24.3 Å². The molecule has 104 valence electrons. The summed E-state index contributed by atoms with van der Waals surface area (Å²) in [4.78, 5) is 5.08. The molecular formula is C15H12ClF2NO. The van der Waals surface area contributed by atoms with Crippen molar-refractivity contribution in [2.45, 2.75) is 13.0 Å². The lowest BCUT2D eigenvalue weighted by Crippen LogP contribution is -1.91. The SMILES string of the molecule is FC(F)c1cccc(CON=Cc2ccccc2Cl)c1. The first kappa shape index (κ1) is 14.5. The molecule has 20 heavy (non-hydrogen) atoms. The molecule has 0 saturated heterocycles. The Morgan fingerprint density at radius 2 is 1.95 bits per heavy atom. The Kier molecular flexibility index (Phi) is 5.07. The molecule has 2 nitrogen and oxygen atoms in total. The first-order valence-electron chi connectivity index (χ1n) is 5.93. The number of benzene rings is 2. The van der Waals surface area contributed by atoms with Crippen LogP contribution in [0.4, 0.5) is 8.78 Å². The van der Waals surface area contributed by atoms with Gasteiger partial charge < -0.3 is 4.84 Å². The van der Waals surface area contributed by atoms with E-state index in [0.29, 0.717) is 10.6 Å². The molecule has 2 rings (SSSR count). The van der Waals surface area contributed by atoms with Crippen LogP contribution in [0.5, 0.6) is 0 Å². The molecule has 0 aliphatic carbocycles. The maximum absolute atomic E-state index is 12.5. The van der Waals surface area contributed by atoms with Crippen LogP contribution in [0.3, 0.4) is 0 Å². The van der Waals surface area contributed by atoms with Crippen LogP contribution < -0.4 is 0 Å². The van der Waals surface area contributed by atoms with Gasteiger partial charge in [0.2, 0.25) is 0 Å². The molecule has 0 N–H and O–H groups in total. The van der Waals surface area contributed by atoms with Gasteiger partial charge in [0.15, 0.2) is 0 Å². The third-order valence-corrected chi connectivity index (χ3v) is 2.95. The molecule has 0 amide bonds. The summed E-state index contributed by atoms with van der Waals surface area (Å²) in [6.45, 7) is 0.127. The lowest BCUT2D eigenvalue weighted by Gasteiger charge is -2.03. The lowest BCUT2D eigenvalue weighted by atomic mass is 10.1. The second-order valence-corrected chi connectivity index (χ2v) is 4.48. The highest BCUT2D eigenvalue weighted by Gasteiger charge is 2.06. The van der Waals surface area contributed by atoms with E-state index in [4.69, 9.17) is 16.4 Å². The molecule has 0 aliphatic heterocycles. The molecule has 0 unspecified atom stereocenters. The van der Waals surface area contributed by atoms with Crippen molar-refractivity contribution in [3.63, 3.8) is 0 Å². The Balaban J connectivity index is 1.93. The molecular weight excluding hydrogens is 284 g/mol. The summed E-state index contributed by atoms with van der Waals surface area (Å²) < 4.78 is 25.0. The summed E-state index contributed by atoms with van der Waals surface area (Å²) in [6.07, 6.45) is -0.999. The fraction of sp³-hybridized carbons (Fsp3) is 0.133. The second kappa shape index (κ2) is 7.01. The van der Waals surface area contributed by atoms with Gasteiger partial charge in [-0.3, -0.25) is 0 Å². The minimum atomic E-state index is -2.48. The molecule has 2 aromatic rings. The van der Waals surface area contributed by atoms with Gasteiger partial charge in [-0.15, -0.1) is 0 Å². The topological polar surface area (TPSA) is 21.6 Å². The Bertz CT molecular complexity index is 602. The maximum atomic E-state index is 12.5. The second-order valence-electron chi connectivity index (χ2n) is 4.08. The number of oxime groups is 1. The van der Waals surface area contributed by atoms with Crippen LogP contribution in [-0.2, 0) is 11.4 Å². The van der Waals surface area contributed by atoms with E-state index in [2.05, 4.69) is 5.16 Å². The van der Waals surface area contributed by atoms with Crippen LogP contribution in [0, 0.1) is 0 Å². The summed E-state index contributed by atoms with van der Waals surface area (Å²) in [5, 5.41) is 4.34. The molecule has 0 heterocycles. The van der Waals surface area contributed by atoms with Crippen molar-refractivity contribution < 1.29 is 13.6 Å². The van der Waals surface area contributed by atoms with E-state index in [9.17, 15) is 8.78 Å². The zero-order chi connectivity index (χ0) is 14.4. The molecule has 0 aliphatic rings. The quantitative estimate of drug-likeness (QED) is 0.572. The van der Waals surface area contributed by atoms with E-state index < -0.39 is 6.43 Å². The Hall–Kier alpha value is -1.94. The number of rotatable bonds is 5. The summed E-state index contributed by atoms with van der Waals surface area (Å²) >= 11 is 5.95. The third kappa shape index (κ3) is 4.03. The van der Waals surface area contributed by atoms with Gasteiger partial charge in [0.25, 0.3) is 6.43 Å². The van der Waals surface area contributed by atoms with Crippen molar-refractivity contribution in [3.05, 3.63) is 70.2 Å². The van der Waals surface area contributed by atoms with Gasteiger partial charge in [-0.2, -0.15) is 0 Å². The van der Waals surface area contributed by atoms with E-state index >= 15 is 0 Å². The van der Waals surface area contributed by atoms with Crippen LogP contribution >= 0.6 is 11.6 Å². The molecule has 2 aromatic carbocycles. The molecule has 0 fully saturated rings. The van der Waals surface area contributed by atoms with Gasteiger partial charge in [0.1, 0.15) is 6.61 Å². The zero-order valence-electron chi connectivity index (χ0n) is 10.5. The molecule has 0 aromatic heterocycles. The van der Waals surface area contributed by atoms with Gasteiger partial charge >= 0.3 is 0 Å². The number of alkyl halides is 2. The highest BCUT2D eigenvalue weighted by atomic mass is 35.5. The number of hydrogen-bond acceptors (Lipinski definition) is 2. The molecule has 0 radical (unpaired) electrons. The van der Waals surface area contributed by atoms with E-state index in [1.807, 2.05) is 12.1 Å². The fourth-order valence-electron chi connectivity index (χ4n) is 1.60. The Labute approximate surface area is 120 Å². The van der Waals surface area contributed by atoms with Crippen LogP contribution in [0.1, 0.15) is 23.1 Å². The van der Waals surface area contributed by atoms with Crippen LogP contribution in [0.15, 0.2) is 53.7 Å². The van der Waals surface area contributed by atoms with E-state index in [-0.39, 0.29) is 12.2 Å². The summed E-state index contributed by atoms with van der Waals surface area (Å²) in [5.41, 5.74) is 1.34. The van der Waals surface area contributed by atoms with Crippen LogP contribution in [0.25, 0.3) is 0 Å². The normalized spacial score (nSPS) is 11.2.